The van der Waals surface area contributed by atoms with Crippen LogP contribution in [-0.2, 0) is 4.79 Å². The first-order chi connectivity index (χ1) is 11.2. The summed E-state index contributed by atoms with van der Waals surface area (Å²) < 4.78 is 0. The molecule has 3 heteroatoms. The van der Waals surface area contributed by atoms with E-state index >= 15 is 0 Å². The summed E-state index contributed by atoms with van der Waals surface area (Å²) in [5.74, 6) is 0.609. The number of halogens is 1. The predicted molar refractivity (Wildman–Crippen MR) is 92.3 cm³/mol. The van der Waals surface area contributed by atoms with Crippen LogP contribution >= 0.6 is 11.6 Å². The van der Waals surface area contributed by atoms with Crippen LogP contribution in [0.3, 0.4) is 0 Å². The molecule has 114 valence electrons. The van der Waals surface area contributed by atoms with E-state index in [9.17, 15) is 4.79 Å². The molecule has 0 fully saturated rings. The van der Waals surface area contributed by atoms with Crippen LogP contribution in [0.5, 0.6) is 0 Å². The second-order valence-electron chi connectivity index (χ2n) is 6.08. The van der Waals surface area contributed by atoms with E-state index in [1.54, 1.807) is 6.20 Å². The quantitative estimate of drug-likeness (QED) is 0.731. The van der Waals surface area contributed by atoms with E-state index in [1.807, 2.05) is 18.2 Å². The zero-order chi connectivity index (χ0) is 15.8. The number of benzene rings is 1. The Morgan fingerprint density at radius 2 is 1.96 bits per heavy atom. The van der Waals surface area contributed by atoms with E-state index < -0.39 is 0 Å². The number of pyridine rings is 1. The number of ketones is 1. The summed E-state index contributed by atoms with van der Waals surface area (Å²) in [6.07, 6.45) is 6.12. The van der Waals surface area contributed by atoms with E-state index in [4.69, 9.17) is 11.6 Å². The summed E-state index contributed by atoms with van der Waals surface area (Å²) in [5, 5.41) is 0.485. The van der Waals surface area contributed by atoms with Gasteiger partial charge in [-0.1, -0.05) is 41.9 Å². The van der Waals surface area contributed by atoms with Crippen molar-refractivity contribution in [2.75, 3.05) is 0 Å². The Hall–Kier alpha value is -2.19. The van der Waals surface area contributed by atoms with E-state index in [1.165, 1.54) is 11.1 Å². The molecule has 1 aromatic carbocycles. The molecular weight excluding hydrogens is 306 g/mol. The third kappa shape index (κ3) is 2.64. The molecule has 4 rings (SSSR count). The molecule has 2 aliphatic carbocycles. The molecule has 23 heavy (non-hydrogen) atoms. The first-order valence-electron chi connectivity index (χ1n) is 7.86. The Morgan fingerprint density at radius 1 is 1.13 bits per heavy atom. The molecule has 1 aromatic heterocycles. The molecule has 0 saturated carbocycles. The number of nitrogens with zero attached hydrogens (tertiary/aromatic N) is 1. The van der Waals surface area contributed by atoms with Crippen molar-refractivity contribution in [3.8, 4) is 0 Å². The van der Waals surface area contributed by atoms with Gasteiger partial charge in [-0.15, -0.1) is 0 Å². The molecule has 0 aliphatic heterocycles. The molecule has 0 bridgehead atoms. The largest absolute Gasteiger partial charge is 0.294 e. The average molecular weight is 322 g/mol. The van der Waals surface area contributed by atoms with Gasteiger partial charge in [-0.05, 0) is 53.3 Å². The minimum absolute atomic E-state index is 0.266. The fraction of sp³-hybridized carbons (Fsp3) is 0.200. The summed E-state index contributed by atoms with van der Waals surface area (Å²) in [4.78, 5) is 16.4. The topological polar surface area (TPSA) is 30.0 Å². The zero-order valence-corrected chi connectivity index (χ0v) is 13.4. The van der Waals surface area contributed by atoms with Crippen LogP contribution in [0.1, 0.15) is 36.3 Å². The van der Waals surface area contributed by atoms with Gasteiger partial charge < -0.3 is 0 Å². The predicted octanol–water partition coefficient (Wildman–Crippen LogP) is 4.97. The Bertz CT molecular complexity index is 836. The summed E-state index contributed by atoms with van der Waals surface area (Å²) in [6, 6.07) is 14.3. The highest BCUT2D eigenvalue weighted by molar-refractivity contribution is 6.29. The Labute approximate surface area is 140 Å². The first kappa shape index (κ1) is 14.4. The van der Waals surface area contributed by atoms with E-state index in [0.29, 0.717) is 17.5 Å². The lowest BCUT2D eigenvalue weighted by Gasteiger charge is -2.24. The maximum absolute atomic E-state index is 12.4. The lowest BCUT2D eigenvalue weighted by Crippen LogP contribution is -2.15. The molecule has 0 N–H and O–H groups in total. The maximum atomic E-state index is 12.4. The van der Waals surface area contributed by atoms with E-state index in [2.05, 4.69) is 35.3 Å². The minimum atomic E-state index is 0.266. The molecule has 2 aliphatic rings. The molecule has 0 saturated heterocycles. The molecule has 1 atom stereocenters. The van der Waals surface area contributed by atoms with Gasteiger partial charge in [0.2, 0.25) is 0 Å². The standard InChI is InChI=1S/C20H16ClNO/c21-20-12-14(8-9-22-20)15-10-17-16(13-4-2-1-3-5-13)6-7-19(23)18(17)11-15/h1-5,8-9,11-12,16H,6-7,10H2. The Kier molecular flexibility index (Phi) is 3.62. The van der Waals surface area contributed by atoms with Crippen molar-refractivity contribution in [3.05, 3.63) is 82.2 Å². The van der Waals surface area contributed by atoms with Crippen molar-refractivity contribution < 1.29 is 4.79 Å². The van der Waals surface area contributed by atoms with Gasteiger partial charge in [0.05, 0.1) is 0 Å². The van der Waals surface area contributed by atoms with Crippen molar-refractivity contribution in [3.63, 3.8) is 0 Å². The average Bonchev–Trinajstić information content (AvgIpc) is 3.02. The summed E-state index contributed by atoms with van der Waals surface area (Å²) in [6.45, 7) is 0. The van der Waals surface area contributed by atoms with Crippen LogP contribution in [0.4, 0.5) is 0 Å². The third-order valence-corrected chi connectivity index (χ3v) is 4.93. The third-order valence-electron chi connectivity index (χ3n) is 4.73. The monoisotopic (exact) mass is 321 g/mol. The van der Waals surface area contributed by atoms with Gasteiger partial charge in [0.25, 0.3) is 0 Å². The van der Waals surface area contributed by atoms with Crippen LogP contribution in [0.15, 0.2) is 65.9 Å². The highest BCUT2D eigenvalue weighted by Gasteiger charge is 2.32. The first-order valence-corrected chi connectivity index (χ1v) is 8.24. The zero-order valence-electron chi connectivity index (χ0n) is 12.6. The fourth-order valence-electron chi connectivity index (χ4n) is 3.61. The highest BCUT2D eigenvalue weighted by atomic mass is 35.5. The summed E-state index contributed by atoms with van der Waals surface area (Å²) >= 11 is 6.01. The Balaban J connectivity index is 1.71. The van der Waals surface area contributed by atoms with Crippen LogP contribution < -0.4 is 0 Å². The van der Waals surface area contributed by atoms with Crippen molar-refractivity contribution >= 4 is 23.0 Å². The maximum Gasteiger partial charge on any atom is 0.162 e. The van der Waals surface area contributed by atoms with Gasteiger partial charge in [-0.25, -0.2) is 4.98 Å². The number of rotatable bonds is 2. The number of carbonyl (C=O) groups is 1. The number of hydrogen-bond acceptors (Lipinski definition) is 2. The van der Waals surface area contributed by atoms with Crippen LogP contribution in [0.25, 0.3) is 5.57 Å². The minimum Gasteiger partial charge on any atom is -0.294 e. The number of Topliss-reactive ketones (excluding diaryl/α,β-unsaturated/α-hetero) is 1. The van der Waals surface area contributed by atoms with E-state index in [-0.39, 0.29) is 5.78 Å². The normalized spacial score (nSPS) is 20.5. The van der Waals surface area contributed by atoms with Gasteiger partial charge in [0, 0.05) is 24.1 Å². The van der Waals surface area contributed by atoms with Crippen molar-refractivity contribution in [2.24, 2.45) is 0 Å². The lowest BCUT2D eigenvalue weighted by molar-refractivity contribution is -0.115. The van der Waals surface area contributed by atoms with Crippen LogP contribution in [0, 0.1) is 0 Å². The van der Waals surface area contributed by atoms with E-state index in [0.717, 1.165) is 29.6 Å². The molecule has 1 unspecified atom stereocenters. The SMILES string of the molecule is O=C1CCC(c2ccccc2)C2=C1C=C(c1ccnc(Cl)c1)C2. The van der Waals surface area contributed by atoms with Gasteiger partial charge in [-0.3, -0.25) is 4.79 Å². The number of allylic oxidation sites excluding steroid dienone is 4. The van der Waals surface area contributed by atoms with Gasteiger partial charge in [0.1, 0.15) is 5.15 Å². The van der Waals surface area contributed by atoms with Crippen molar-refractivity contribution in [1.82, 2.24) is 4.98 Å². The van der Waals surface area contributed by atoms with Gasteiger partial charge >= 0.3 is 0 Å². The number of carbonyl (C=O) groups excluding carboxylic acids is 1. The second kappa shape index (κ2) is 5.78. The molecule has 0 amide bonds. The highest BCUT2D eigenvalue weighted by Crippen LogP contribution is 2.45. The van der Waals surface area contributed by atoms with Crippen LogP contribution in [0.2, 0.25) is 5.15 Å². The van der Waals surface area contributed by atoms with Crippen molar-refractivity contribution in [1.29, 1.82) is 0 Å². The molecule has 0 spiro atoms. The smallest absolute Gasteiger partial charge is 0.162 e. The van der Waals surface area contributed by atoms with Crippen LogP contribution in [-0.4, -0.2) is 10.8 Å². The van der Waals surface area contributed by atoms with Gasteiger partial charge in [0.15, 0.2) is 5.78 Å². The van der Waals surface area contributed by atoms with Crippen molar-refractivity contribution in [2.45, 2.75) is 25.2 Å². The molecule has 2 nitrogen and oxygen atoms in total. The summed E-state index contributed by atoms with van der Waals surface area (Å²) in [7, 11) is 0. The fourth-order valence-corrected chi connectivity index (χ4v) is 3.79. The van der Waals surface area contributed by atoms with Gasteiger partial charge in [-0.2, -0.15) is 0 Å². The Morgan fingerprint density at radius 3 is 2.74 bits per heavy atom. The molecule has 2 aromatic rings. The molecule has 0 radical (unpaired) electrons. The number of aromatic nitrogens is 1. The second-order valence-corrected chi connectivity index (χ2v) is 6.46. The summed E-state index contributed by atoms with van der Waals surface area (Å²) in [5.41, 5.74) is 5.69. The molecule has 1 heterocycles. The lowest BCUT2D eigenvalue weighted by atomic mass is 9.78. The number of hydrogen-bond donors (Lipinski definition) is 0. The molecular formula is C20H16ClNO.